The Morgan fingerprint density at radius 3 is 2.52 bits per heavy atom. The van der Waals surface area contributed by atoms with Gasteiger partial charge in [-0.25, -0.2) is 0 Å². The molecule has 42 heavy (non-hydrogen) atoms. The summed E-state index contributed by atoms with van der Waals surface area (Å²) in [6, 6.07) is 11.9. The molecule has 2 aliphatic heterocycles. The number of nitrogens with one attached hydrogen (secondary N) is 1. The van der Waals surface area contributed by atoms with E-state index in [2.05, 4.69) is 37.3 Å². The maximum atomic E-state index is 14.0. The number of rotatable bonds is 7. The Labute approximate surface area is 246 Å². The number of carbonyl (C=O) groups is 3. The predicted molar refractivity (Wildman–Crippen MR) is 158 cm³/mol. The van der Waals surface area contributed by atoms with Gasteiger partial charge >= 0.3 is 0 Å². The average Bonchev–Trinajstić information content (AvgIpc) is 3.64. The normalized spacial score (nSPS) is 19.4. The number of aliphatic hydroxyl groups excluding tert-OH is 1. The van der Waals surface area contributed by atoms with Crippen LogP contribution in [0.5, 0.6) is 0 Å². The molecule has 3 atom stereocenters. The van der Waals surface area contributed by atoms with Gasteiger partial charge in [-0.15, -0.1) is 0 Å². The van der Waals surface area contributed by atoms with E-state index >= 15 is 0 Å². The van der Waals surface area contributed by atoms with Gasteiger partial charge in [0, 0.05) is 37.2 Å². The molecule has 9 nitrogen and oxygen atoms in total. The van der Waals surface area contributed by atoms with Crippen LogP contribution in [0.15, 0.2) is 53.2 Å². The molecule has 3 unspecified atom stereocenters. The topological polar surface area (TPSA) is 116 Å². The Balaban J connectivity index is 1.34. The summed E-state index contributed by atoms with van der Waals surface area (Å²) in [5.74, 6) is -0.263. The maximum Gasteiger partial charge on any atom is 0.255 e. The average molecular weight is 573 g/mol. The van der Waals surface area contributed by atoms with Gasteiger partial charge < -0.3 is 24.7 Å². The van der Waals surface area contributed by atoms with Gasteiger partial charge in [-0.3, -0.25) is 14.4 Å². The number of aliphatic hydroxyl groups is 1. The van der Waals surface area contributed by atoms with Crippen LogP contribution in [-0.2, 0) is 28.1 Å². The van der Waals surface area contributed by atoms with Crippen molar-refractivity contribution in [2.24, 2.45) is 5.92 Å². The van der Waals surface area contributed by atoms with Gasteiger partial charge in [-0.05, 0) is 46.6 Å². The fourth-order valence-corrected chi connectivity index (χ4v) is 6.23. The lowest BCUT2D eigenvalue weighted by Crippen LogP contribution is -2.55. The number of fused-ring (bicyclic) bond motifs is 1. The minimum absolute atomic E-state index is 0.0507. The Kier molecular flexibility index (Phi) is 7.98. The largest absolute Gasteiger partial charge is 0.391 e. The first-order valence-electron chi connectivity index (χ1n) is 14.6. The van der Waals surface area contributed by atoms with Gasteiger partial charge in [0.2, 0.25) is 11.8 Å². The van der Waals surface area contributed by atoms with Gasteiger partial charge in [0.25, 0.3) is 5.91 Å². The Morgan fingerprint density at radius 2 is 1.88 bits per heavy atom. The van der Waals surface area contributed by atoms with Gasteiger partial charge in [-0.2, -0.15) is 0 Å². The lowest BCUT2D eigenvalue weighted by molar-refractivity contribution is -0.143. The molecule has 0 radical (unpaired) electrons. The molecule has 9 heteroatoms. The van der Waals surface area contributed by atoms with E-state index in [1.807, 2.05) is 51.1 Å². The number of amides is 3. The smallest absolute Gasteiger partial charge is 0.255 e. The number of benzene rings is 2. The van der Waals surface area contributed by atoms with Crippen molar-refractivity contribution in [3.63, 3.8) is 0 Å². The zero-order chi connectivity index (χ0) is 30.3. The van der Waals surface area contributed by atoms with Crippen LogP contribution in [0.4, 0.5) is 0 Å². The summed E-state index contributed by atoms with van der Waals surface area (Å²) >= 11 is 0. The van der Waals surface area contributed by atoms with Crippen molar-refractivity contribution in [2.75, 3.05) is 6.54 Å². The van der Waals surface area contributed by atoms with Crippen molar-refractivity contribution < 1.29 is 24.0 Å². The van der Waals surface area contributed by atoms with Crippen molar-refractivity contribution in [2.45, 2.75) is 84.7 Å². The predicted octanol–water partition coefficient (Wildman–Crippen LogP) is 4.21. The molecule has 1 fully saturated rings. The summed E-state index contributed by atoms with van der Waals surface area (Å²) in [5.41, 5.74) is 5.24. The lowest BCUT2D eigenvalue weighted by atomic mass is 9.82. The highest BCUT2D eigenvalue weighted by Gasteiger charge is 2.45. The summed E-state index contributed by atoms with van der Waals surface area (Å²) in [5, 5.41) is 17.5. The first kappa shape index (κ1) is 29.5. The lowest BCUT2D eigenvalue weighted by Gasteiger charge is -2.35. The SMILES string of the molecule is Cc1oncc1-c1ccc(CNC(=O)C2CC(O)CN2C(=O)C(C(C)C)N2Cc3ccccc3C2=O)c(C(C)(C)C)c1. The maximum absolute atomic E-state index is 14.0. The molecule has 3 amide bonds. The standard InChI is InChI=1S/C33H40N4O5/c1-19(2)29(37-17-23-9-7-8-10-25(23)31(37)40)32(41)36-18-24(38)14-28(36)30(39)34-15-22-12-11-21(13-27(22)33(4,5)6)26-16-35-42-20(26)3/h7-13,16,19,24,28-29,38H,14-15,17-18H2,1-6H3,(H,34,39). The van der Waals surface area contributed by atoms with E-state index in [1.54, 1.807) is 17.2 Å². The molecule has 0 spiro atoms. The highest BCUT2D eigenvalue weighted by Crippen LogP contribution is 2.33. The second-order valence-electron chi connectivity index (χ2n) is 12.8. The molecule has 2 N–H and O–H groups in total. The number of hydrogen-bond acceptors (Lipinski definition) is 6. The number of β-amino-alcohol motifs (C(OH)–C–C–N with tert-alkyl or cyclic N) is 1. The van der Waals surface area contributed by atoms with Crippen molar-refractivity contribution >= 4 is 17.7 Å². The Bertz CT molecular complexity index is 1500. The van der Waals surface area contributed by atoms with Crippen molar-refractivity contribution in [1.29, 1.82) is 0 Å². The Hall–Kier alpha value is -3.98. The molecular formula is C33H40N4O5. The van der Waals surface area contributed by atoms with Crippen LogP contribution in [0, 0.1) is 12.8 Å². The molecule has 2 aromatic carbocycles. The molecule has 3 aromatic rings. The van der Waals surface area contributed by atoms with E-state index in [0.717, 1.165) is 33.6 Å². The molecule has 1 aromatic heterocycles. The third-order valence-electron chi connectivity index (χ3n) is 8.37. The van der Waals surface area contributed by atoms with Crippen molar-refractivity contribution in [3.05, 3.63) is 76.7 Å². The van der Waals surface area contributed by atoms with E-state index in [1.165, 1.54) is 4.90 Å². The zero-order valence-electron chi connectivity index (χ0n) is 25.2. The van der Waals surface area contributed by atoms with E-state index in [9.17, 15) is 19.5 Å². The molecule has 0 aliphatic carbocycles. The minimum Gasteiger partial charge on any atom is -0.391 e. The van der Waals surface area contributed by atoms with Gasteiger partial charge in [0.05, 0.1) is 12.3 Å². The fourth-order valence-electron chi connectivity index (χ4n) is 6.23. The molecule has 5 rings (SSSR count). The van der Waals surface area contributed by atoms with Gasteiger partial charge in [0.1, 0.15) is 17.8 Å². The molecule has 0 bridgehead atoms. The summed E-state index contributed by atoms with van der Waals surface area (Å²) < 4.78 is 5.25. The first-order valence-corrected chi connectivity index (χ1v) is 14.6. The van der Waals surface area contributed by atoms with E-state index in [-0.39, 0.29) is 48.6 Å². The van der Waals surface area contributed by atoms with Crippen LogP contribution in [0.3, 0.4) is 0 Å². The Morgan fingerprint density at radius 1 is 1.14 bits per heavy atom. The number of likely N-dealkylation sites (tertiary alicyclic amines) is 1. The highest BCUT2D eigenvalue weighted by atomic mass is 16.5. The van der Waals surface area contributed by atoms with E-state index in [0.29, 0.717) is 12.1 Å². The summed E-state index contributed by atoms with van der Waals surface area (Å²) in [6.45, 7) is 12.7. The van der Waals surface area contributed by atoms with Gasteiger partial charge in [-0.1, -0.05) is 76.2 Å². The number of hydrogen-bond donors (Lipinski definition) is 2. The minimum atomic E-state index is -0.828. The zero-order valence-corrected chi connectivity index (χ0v) is 25.2. The summed E-state index contributed by atoms with van der Waals surface area (Å²) in [7, 11) is 0. The van der Waals surface area contributed by atoms with Gasteiger partial charge in [0.15, 0.2) is 0 Å². The molecule has 222 valence electrons. The van der Waals surface area contributed by atoms with E-state index < -0.39 is 18.2 Å². The molecule has 3 heterocycles. The molecular weight excluding hydrogens is 532 g/mol. The third kappa shape index (κ3) is 5.57. The number of nitrogens with zero attached hydrogens (tertiary/aromatic N) is 3. The molecule has 1 saturated heterocycles. The van der Waals surface area contributed by atoms with Crippen LogP contribution >= 0.6 is 0 Å². The number of carbonyl (C=O) groups excluding carboxylic acids is 3. The fraction of sp³-hybridized carbons (Fsp3) is 0.455. The molecule has 2 aliphatic rings. The van der Waals surface area contributed by atoms with Crippen LogP contribution in [0.2, 0.25) is 0 Å². The van der Waals surface area contributed by atoms with Crippen LogP contribution in [-0.4, -0.2) is 62.5 Å². The monoisotopic (exact) mass is 572 g/mol. The summed E-state index contributed by atoms with van der Waals surface area (Å²) in [6.07, 6.45) is 1.03. The van der Waals surface area contributed by atoms with Crippen LogP contribution in [0.25, 0.3) is 11.1 Å². The van der Waals surface area contributed by atoms with Crippen LogP contribution in [0.1, 0.15) is 73.8 Å². The van der Waals surface area contributed by atoms with Crippen LogP contribution < -0.4 is 5.32 Å². The second kappa shape index (κ2) is 11.4. The number of aromatic nitrogens is 1. The van der Waals surface area contributed by atoms with Crippen molar-refractivity contribution in [3.8, 4) is 11.1 Å². The number of aryl methyl sites for hydroxylation is 1. The second-order valence-corrected chi connectivity index (χ2v) is 12.8. The van der Waals surface area contributed by atoms with Crippen molar-refractivity contribution in [1.82, 2.24) is 20.3 Å². The quantitative estimate of drug-likeness (QED) is 0.438. The molecule has 0 saturated carbocycles. The first-order chi connectivity index (χ1) is 19.9. The van der Waals surface area contributed by atoms with E-state index in [4.69, 9.17) is 4.52 Å². The summed E-state index contributed by atoms with van der Waals surface area (Å²) in [4.78, 5) is 43.9. The highest BCUT2D eigenvalue weighted by molar-refractivity contribution is 6.01. The third-order valence-corrected chi connectivity index (χ3v) is 8.37.